The number of rotatable bonds is 3. The monoisotopic (exact) mass is 214 g/mol. The zero-order valence-corrected chi connectivity index (χ0v) is 9.23. The number of benzene rings is 1. The van der Waals surface area contributed by atoms with Crippen molar-refractivity contribution in [2.75, 3.05) is 13.7 Å². The first-order chi connectivity index (χ1) is 7.79. The van der Waals surface area contributed by atoms with Crippen molar-refractivity contribution in [1.82, 2.24) is 0 Å². The van der Waals surface area contributed by atoms with Gasteiger partial charge >= 0.3 is 0 Å². The molecule has 0 amide bonds. The second-order valence-corrected chi connectivity index (χ2v) is 3.25. The van der Waals surface area contributed by atoms with Crippen LogP contribution in [0.3, 0.4) is 0 Å². The predicted molar refractivity (Wildman–Crippen MR) is 63.6 cm³/mol. The summed E-state index contributed by atoms with van der Waals surface area (Å²) in [6.07, 6.45) is 4.81. The zero-order valence-electron chi connectivity index (χ0n) is 9.23. The number of terminal acetylenes is 1. The van der Waals surface area contributed by atoms with Crippen molar-refractivity contribution in [3.8, 4) is 24.2 Å². The van der Waals surface area contributed by atoms with Crippen molar-refractivity contribution in [1.29, 1.82) is 0 Å². The molecule has 0 aliphatic carbocycles. The second-order valence-electron chi connectivity index (χ2n) is 3.25. The maximum Gasteiger partial charge on any atom is 0.107 e. The molecule has 1 rings (SSSR count). The Morgan fingerprint density at radius 1 is 1.44 bits per heavy atom. The molecule has 0 saturated carbocycles. The van der Waals surface area contributed by atoms with Crippen LogP contribution >= 0.6 is 0 Å². The minimum atomic E-state index is -0.655. The SMILES string of the molecule is C#CCC(O)c1ccccc1C#CCOC. The lowest BCUT2D eigenvalue weighted by atomic mass is 10.0. The van der Waals surface area contributed by atoms with E-state index in [1.807, 2.05) is 24.3 Å². The minimum Gasteiger partial charge on any atom is -0.387 e. The fourth-order valence-electron chi connectivity index (χ4n) is 1.33. The van der Waals surface area contributed by atoms with Gasteiger partial charge in [-0.2, -0.15) is 0 Å². The van der Waals surface area contributed by atoms with Gasteiger partial charge in [-0.15, -0.1) is 12.3 Å². The first-order valence-corrected chi connectivity index (χ1v) is 4.98. The maximum atomic E-state index is 9.82. The Bertz CT molecular complexity index is 432. The molecule has 0 radical (unpaired) electrons. The number of aliphatic hydroxyl groups excluding tert-OH is 1. The van der Waals surface area contributed by atoms with Crippen LogP contribution in [0.15, 0.2) is 24.3 Å². The molecule has 1 aromatic carbocycles. The van der Waals surface area contributed by atoms with E-state index in [1.165, 1.54) is 0 Å². The third kappa shape index (κ3) is 3.44. The molecule has 1 aromatic rings. The van der Waals surface area contributed by atoms with Gasteiger partial charge in [-0.1, -0.05) is 30.0 Å². The molecule has 2 heteroatoms. The van der Waals surface area contributed by atoms with Crippen molar-refractivity contribution in [2.24, 2.45) is 0 Å². The van der Waals surface area contributed by atoms with E-state index < -0.39 is 6.10 Å². The Kier molecular flexibility index (Phi) is 5.16. The summed E-state index contributed by atoms with van der Waals surface area (Å²) in [4.78, 5) is 0. The Balaban J connectivity index is 2.93. The summed E-state index contributed by atoms with van der Waals surface area (Å²) >= 11 is 0. The highest BCUT2D eigenvalue weighted by atomic mass is 16.5. The average Bonchev–Trinajstić information content (AvgIpc) is 2.30. The van der Waals surface area contributed by atoms with E-state index in [-0.39, 0.29) is 0 Å². The molecule has 16 heavy (non-hydrogen) atoms. The van der Waals surface area contributed by atoms with E-state index in [0.717, 1.165) is 11.1 Å². The number of ether oxygens (including phenoxy) is 1. The summed E-state index contributed by atoms with van der Waals surface area (Å²) in [6, 6.07) is 7.43. The summed E-state index contributed by atoms with van der Waals surface area (Å²) in [7, 11) is 1.59. The molecule has 1 atom stereocenters. The molecule has 0 saturated heterocycles. The lowest BCUT2D eigenvalue weighted by molar-refractivity contribution is 0.184. The van der Waals surface area contributed by atoms with Gasteiger partial charge in [-0.05, 0) is 11.6 Å². The van der Waals surface area contributed by atoms with Gasteiger partial charge < -0.3 is 9.84 Å². The Hall–Kier alpha value is -1.74. The van der Waals surface area contributed by atoms with Gasteiger partial charge in [0.25, 0.3) is 0 Å². The van der Waals surface area contributed by atoms with Crippen LogP contribution in [0, 0.1) is 24.2 Å². The van der Waals surface area contributed by atoms with Gasteiger partial charge in [-0.25, -0.2) is 0 Å². The second kappa shape index (κ2) is 6.69. The lowest BCUT2D eigenvalue weighted by Gasteiger charge is -2.09. The van der Waals surface area contributed by atoms with Crippen molar-refractivity contribution >= 4 is 0 Å². The van der Waals surface area contributed by atoms with Gasteiger partial charge in [-0.3, -0.25) is 0 Å². The molecule has 2 nitrogen and oxygen atoms in total. The first-order valence-electron chi connectivity index (χ1n) is 4.98. The van der Waals surface area contributed by atoms with E-state index in [4.69, 9.17) is 11.2 Å². The molecule has 82 valence electrons. The quantitative estimate of drug-likeness (QED) is 0.777. The van der Waals surface area contributed by atoms with Crippen molar-refractivity contribution < 1.29 is 9.84 Å². The highest BCUT2D eigenvalue weighted by Crippen LogP contribution is 2.19. The van der Waals surface area contributed by atoms with Crippen molar-refractivity contribution in [3.05, 3.63) is 35.4 Å². The summed E-state index contributed by atoms with van der Waals surface area (Å²) < 4.78 is 4.84. The summed E-state index contributed by atoms with van der Waals surface area (Å²) in [6.45, 7) is 0.375. The fourth-order valence-corrected chi connectivity index (χ4v) is 1.33. The summed E-state index contributed by atoms with van der Waals surface area (Å²) in [5, 5.41) is 9.82. The highest BCUT2D eigenvalue weighted by molar-refractivity contribution is 5.42. The molecule has 0 spiro atoms. The van der Waals surface area contributed by atoms with Gasteiger partial charge in [0.15, 0.2) is 0 Å². The molecule has 0 aromatic heterocycles. The predicted octanol–water partition coefficient (Wildman–Crippen LogP) is 1.74. The smallest absolute Gasteiger partial charge is 0.107 e. The van der Waals surface area contributed by atoms with E-state index in [1.54, 1.807) is 7.11 Å². The number of hydrogen-bond donors (Lipinski definition) is 1. The van der Waals surface area contributed by atoms with Gasteiger partial charge in [0.2, 0.25) is 0 Å². The molecule has 0 aliphatic heterocycles. The van der Waals surface area contributed by atoms with Gasteiger partial charge in [0, 0.05) is 19.1 Å². The largest absolute Gasteiger partial charge is 0.387 e. The first kappa shape index (κ1) is 12.3. The topological polar surface area (TPSA) is 29.5 Å². The Labute approximate surface area is 96.3 Å². The lowest BCUT2D eigenvalue weighted by Crippen LogP contribution is -1.99. The van der Waals surface area contributed by atoms with Crippen LogP contribution in [0.25, 0.3) is 0 Å². The van der Waals surface area contributed by atoms with E-state index in [0.29, 0.717) is 13.0 Å². The summed E-state index contributed by atoms with van der Waals surface area (Å²) in [5.41, 5.74) is 1.56. The fraction of sp³-hybridized carbons (Fsp3) is 0.286. The maximum absolute atomic E-state index is 9.82. The third-order valence-corrected chi connectivity index (χ3v) is 2.07. The van der Waals surface area contributed by atoms with Crippen LogP contribution in [-0.4, -0.2) is 18.8 Å². The van der Waals surface area contributed by atoms with E-state index >= 15 is 0 Å². The number of aliphatic hydroxyl groups is 1. The highest BCUT2D eigenvalue weighted by Gasteiger charge is 2.08. The van der Waals surface area contributed by atoms with Crippen LogP contribution < -0.4 is 0 Å². The molecule has 0 heterocycles. The average molecular weight is 214 g/mol. The Morgan fingerprint density at radius 2 is 2.19 bits per heavy atom. The molecular formula is C14H14O2. The van der Waals surface area contributed by atoms with E-state index in [9.17, 15) is 5.11 Å². The Morgan fingerprint density at radius 3 is 2.88 bits per heavy atom. The molecule has 1 unspecified atom stereocenters. The van der Waals surface area contributed by atoms with Gasteiger partial charge in [0.05, 0.1) is 6.10 Å². The molecule has 0 aliphatic rings. The molecular weight excluding hydrogens is 200 g/mol. The van der Waals surface area contributed by atoms with Crippen LogP contribution in [-0.2, 0) is 4.74 Å². The molecule has 0 bridgehead atoms. The summed E-state index contributed by atoms with van der Waals surface area (Å²) in [5.74, 6) is 8.24. The molecule has 0 fully saturated rings. The van der Waals surface area contributed by atoms with Crippen molar-refractivity contribution in [2.45, 2.75) is 12.5 Å². The van der Waals surface area contributed by atoms with Crippen molar-refractivity contribution in [3.63, 3.8) is 0 Å². The van der Waals surface area contributed by atoms with Gasteiger partial charge in [0.1, 0.15) is 6.61 Å². The third-order valence-electron chi connectivity index (χ3n) is 2.07. The van der Waals surface area contributed by atoms with E-state index in [2.05, 4.69) is 17.8 Å². The minimum absolute atomic E-state index is 0.295. The normalized spacial score (nSPS) is 11.1. The standard InChI is InChI=1S/C14H14O2/c1-3-7-14(15)13-10-5-4-8-12(13)9-6-11-16-2/h1,4-5,8,10,14-15H,7,11H2,2H3. The van der Waals surface area contributed by atoms with Crippen LogP contribution in [0.4, 0.5) is 0 Å². The van der Waals surface area contributed by atoms with Crippen LogP contribution in [0.5, 0.6) is 0 Å². The zero-order chi connectivity index (χ0) is 11.8. The van der Waals surface area contributed by atoms with Crippen LogP contribution in [0.2, 0.25) is 0 Å². The number of hydrogen-bond acceptors (Lipinski definition) is 2. The number of methoxy groups -OCH3 is 1. The van der Waals surface area contributed by atoms with Crippen LogP contribution in [0.1, 0.15) is 23.7 Å². The molecule has 1 N–H and O–H groups in total.